The molecule has 3 nitrogen and oxygen atoms in total. The average Bonchev–Trinajstić information content (AvgIpc) is 3.08. The van der Waals surface area contributed by atoms with Crippen molar-refractivity contribution in [1.29, 1.82) is 0 Å². The summed E-state index contributed by atoms with van der Waals surface area (Å²) >= 11 is 7.19. The second-order valence-electron chi connectivity index (χ2n) is 5.73. The van der Waals surface area contributed by atoms with Gasteiger partial charge in [0.1, 0.15) is 17.0 Å². The molecule has 4 rings (SSSR count). The van der Waals surface area contributed by atoms with Crippen LogP contribution in [0.1, 0.15) is 5.56 Å². The Hall–Kier alpha value is -2.64. The summed E-state index contributed by atoms with van der Waals surface area (Å²) in [5.41, 5.74) is 0.0496. The second kappa shape index (κ2) is 6.83. The van der Waals surface area contributed by atoms with Gasteiger partial charge in [-0.15, -0.1) is 11.3 Å². The number of benzene rings is 2. The highest BCUT2D eigenvalue weighted by Crippen LogP contribution is 2.40. The molecule has 0 fully saturated rings. The van der Waals surface area contributed by atoms with Crippen molar-refractivity contribution in [2.75, 3.05) is 5.32 Å². The molecule has 0 amide bonds. The molecule has 0 bridgehead atoms. The van der Waals surface area contributed by atoms with Crippen LogP contribution in [-0.2, 0) is 6.18 Å². The fourth-order valence-corrected chi connectivity index (χ4v) is 3.86. The Morgan fingerprint density at radius 3 is 2.48 bits per heavy atom. The molecule has 0 spiro atoms. The zero-order valence-corrected chi connectivity index (χ0v) is 15.2. The molecular formula is C19H11ClF3N3S. The van der Waals surface area contributed by atoms with E-state index >= 15 is 0 Å². The van der Waals surface area contributed by atoms with Gasteiger partial charge in [-0.05, 0) is 29.8 Å². The van der Waals surface area contributed by atoms with E-state index in [0.29, 0.717) is 16.0 Å². The third kappa shape index (κ3) is 3.61. The Bertz CT molecular complexity index is 1110. The number of hydrogen-bond acceptors (Lipinski definition) is 4. The van der Waals surface area contributed by atoms with Gasteiger partial charge in [-0.1, -0.05) is 41.9 Å². The molecule has 0 saturated carbocycles. The molecule has 0 saturated heterocycles. The van der Waals surface area contributed by atoms with Gasteiger partial charge in [0.15, 0.2) is 0 Å². The number of nitrogens with zero attached hydrogens (tertiary/aromatic N) is 2. The Balaban J connectivity index is 1.79. The molecule has 0 unspecified atom stereocenters. The predicted octanol–water partition coefficient (Wildman–Crippen LogP) is 6.77. The smallest absolute Gasteiger partial charge is 0.339 e. The first-order valence-corrected chi connectivity index (χ1v) is 9.05. The van der Waals surface area contributed by atoms with E-state index in [-0.39, 0.29) is 10.7 Å². The van der Waals surface area contributed by atoms with Gasteiger partial charge in [-0.3, -0.25) is 0 Å². The van der Waals surface area contributed by atoms with Crippen molar-refractivity contribution in [2.24, 2.45) is 0 Å². The molecule has 4 aromatic rings. The van der Waals surface area contributed by atoms with Crippen molar-refractivity contribution < 1.29 is 13.2 Å². The fraction of sp³-hybridized carbons (Fsp3) is 0.0526. The standard InChI is InChI=1S/C19H11ClF3N3S/c20-12-6-7-15(14(8-12)19(21,22)23)26-17-13-9-16(11-4-2-1-3-5-11)27-18(13)25-10-24-17/h1-10H,(H,24,25,26). The summed E-state index contributed by atoms with van der Waals surface area (Å²) in [4.78, 5) is 10.0. The van der Waals surface area contributed by atoms with Crippen LogP contribution in [0.4, 0.5) is 24.7 Å². The Labute approximate surface area is 161 Å². The van der Waals surface area contributed by atoms with E-state index < -0.39 is 11.7 Å². The molecule has 2 aromatic heterocycles. The van der Waals surface area contributed by atoms with Crippen LogP contribution in [0.3, 0.4) is 0 Å². The first-order valence-electron chi connectivity index (χ1n) is 7.85. The van der Waals surface area contributed by atoms with Crippen LogP contribution in [0.15, 0.2) is 60.9 Å². The zero-order chi connectivity index (χ0) is 19.0. The highest BCUT2D eigenvalue weighted by Gasteiger charge is 2.34. The second-order valence-corrected chi connectivity index (χ2v) is 7.20. The maximum atomic E-state index is 13.3. The number of anilines is 2. The maximum Gasteiger partial charge on any atom is 0.418 e. The van der Waals surface area contributed by atoms with Crippen molar-refractivity contribution in [3.05, 3.63) is 71.5 Å². The molecule has 0 aliphatic heterocycles. The molecule has 1 N–H and O–H groups in total. The van der Waals surface area contributed by atoms with E-state index in [1.165, 1.54) is 29.8 Å². The van der Waals surface area contributed by atoms with E-state index in [9.17, 15) is 13.2 Å². The largest absolute Gasteiger partial charge is 0.418 e. The van der Waals surface area contributed by atoms with E-state index in [4.69, 9.17) is 11.6 Å². The number of halogens is 4. The van der Waals surface area contributed by atoms with Crippen molar-refractivity contribution in [1.82, 2.24) is 9.97 Å². The quantitative estimate of drug-likeness (QED) is 0.408. The molecule has 0 aliphatic rings. The monoisotopic (exact) mass is 405 g/mol. The van der Waals surface area contributed by atoms with Gasteiger partial charge >= 0.3 is 6.18 Å². The molecule has 2 aromatic carbocycles. The summed E-state index contributed by atoms with van der Waals surface area (Å²) in [6, 6.07) is 15.2. The van der Waals surface area contributed by atoms with Gasteiger partial charge in [0, 0.05) is 9.90 Å². The number of alkyl halides is 3. The minimum absolute atomic E-state index is 0.0163. The minimum atomic E-state index is -4.54. The Morgan fingerprint density at radius 1 is 0.963 bits per heavy atom. The molecular weight excluding hydrogens is 395 g/mol. The lowest BCUT2D eigenvalue weighted by Crippen LogP contribution is -2.09. The topological polar surface area (TPSA) is 37.8 Å². The van der Waals surface area contributed by atoms with Crippen molar-refractivity contribution in [3.63, 3.8) is 0 Å². The van der Waals surface area contributed by atoms with Crippen LogP contribution < -0.4 is 5.32 Å². The lowest BCUT2D eigenvalue weighted by Gasteiger charge is -2.14. The van der Waals surface area contributed by atoms with Crippen molar-refractivity contribution in [2.45, 2.75) is 6.18 Å². The molecule has 27 heavy (non-hydrogen) atoms. The first-order chi connectivity index (χ1) is 12.9. The molecule has 0 radical (unpaired) electrons. The minimum Gasteiger partial charge on any atom is -0.339 e. The van der Waals surface area contributed by atoms with Crippen LogP contribution >= 0.6 is 22.9 Å². The summed E-state index contributed by atoms with van der Waals surface area (Å²) < 4.78 is 40.0. The Kier molecular flexibility index (Phi) is 4.49. The van der Waals surface area contributed by atoms with E-state index in [2.05, 4.69) is 15.3 Å². The summed E-state index contributed by atoms with van der Waals surface area (Å²) in [6.45, 7) is 0. The SMILES string of the molecule is FC(F)(F)c1cc(Cl)ccc1Nc1ncnc2sc(-c3ccccc3)cc12. The van der Waals surface area contributed by atoms with Crippen LogP contribution in [0.5, 0.6) is 0 Å². The number of rotatable bonds is 3. The van der Waals surface area contributed by atoms with Gasteiger partial charge in [0.2, 0.25) is 0 Å². The molecule has 2 heterocycles. The third-order valence-electron chi connectivity index (χ3n) is 3.93. The lowest BCUT2D eigenvalue weighted by molar-refractivity contribution is -0.136. The number of thiophene rings is 1. The summed E-state index contributed by atoms with van der Waals surface area (Å²) in [7, 11) is 0. The first kappa shape index (κ1) is 17.8. The summed E-state index contributed by atoms with van der Waals surface area (Å²) in [5.74, 6) is 0.311. The highest BCUT2D eigenvalue weighted by atomic mass is 35.5. The number of nitrogens with one attached hydrogen (secondary N) is 1. The van der Waals surface area contributed by atoms with Crippen LogP contribution in [-0.4, -0.2) is 9.97 Å². The summed E-state index contributed by atoms with van der Waals surface area (Å²) in [6.07, 6.45) is -3.21. The van der Waals surface area contributed by atoms with Gasteiger partial charge in [0.05, 0.1) is 16.6 Å². The number of aromatic nitrogens is 2. The normalized spacial score (nSPS) is 11.7. The van der Waals surface area contributed by atoms with E-state index in [0.717, 1.165) is 16.5 Å². The lowest BCUT2D eigenvalue weighted by atomic mass is 10.1. The van der Waals surface area contributed by atoms with E-state index in [1.54, 1.807) is 0 Å². The highest BCUT2D eigenvalue weighted by molar-refractivity contribution is 7.21. The van der Waals surface area contributed by atoms with Gasteiger partial charge in [-0.2, -0.15) is 13.2 Å². The fourth-order valence-electron chi connectivity index (χ4n) is 2.69. The van der Waals surface area contributed by atoms with Crippen LogP contribution in [0.25, 0.3) is 20.7 Å². The molecule has 136 valence electrons. The third-order valence-corrected chi connectivity index (χ3v) is 5.26. The Morgan fingerprint density at radius 2 is 1.74 bits per heavy atom. The van der Waals surface area contributed by atoms with Gasteiger partial charge < -0.3 is 5.32 Å². The average molecular weight is 406 g/mol. The van der Waals surface area contributed by atoms with E-state index in [1.807, 2.05) is 36.4 Å². The van der Waals surface area contributed by atoms with Crippen LogP contribution in [0, 0.1) is 0 Å². The number of hydrogen-bond donors (Lipinski definition) is 1. The predicted molar refractivity (Wildman–Crippen MR) is 103 cm³/mol. The zero-order valence-electron chi connectivity index (χ0n) is 13.6. The molecule has 0 aliphatic carbocycles. The summed E-state index contributed by atoms with van der Waals surface area (Å²) in [5, 5.41) is 3.46. The van der Waals surface area contributed by atoms with Crippen LogP contribution in [0.2, 0.25) is 5.02 Å². The molecule has 0 atom stereocenters. The number of fused-ring (bicyclic) bond motifs is 1. The van der Waals surface area contributed by atoms with Crippen molar-refractivity contribution >= 4 is 44.7 Å². The van der Waals surface area contributed by atoms with Gasteiger partial charge in [0.25, 0.3) is 0 Å². The van der Waals surface area contributed by atoms with Crippen molar-refractivity contribution in [3.8, 4) is 10.4 Å². The molecule has 8 heteroatoms. The maximum absolute atomic E-state index is 13.3. The van der Waals surface area contributed by atoms with Gasteiger partial charge in [-0.25, -0.2) is 9.97 Å².